The topological polar surface area (TPSA) is 42.1 Å². The van der Waals surface area contributed by atoms with E-state index in [4.69, 9.17) is 5.73 Å². The van der Waals surface area contributed by atoms with E-state index in [1.165, 1.54) is 6.42 Å². The van der Waals surface area contributed by atoms with Gasteiger partial charge in [0.2, 0.25) is 0 Å². The van der Waals surface area contributed by atoms with Crippen molar-refractivity contribution in [1.29, 1.82) is 0 Å². The summed E-state index contributed by atoms with van der Waals surface area (Å²) in [6.07, 6.45) is 3.16. The maximum Gasteiger partial charge on any atom is 0.128 e. The highest BCUT2D eigenvalue weighted by molar-refractivity contribution is 5.42. The van der Waals surface area contributed by atoms with E-state index >= 15 is 0 Å². The summed E-state index contributed by atoms with van der Waals surface area (Å²) < 4.78 is 0. The average Bonchev–Trinajstić information content (AvgIpc) is 2.58. The van der Waals surface area contributed by atoms with Gasteiger partial charge in [-0.3, -0.25) is 0 Å². The van der Waals surface area contributed by atoms with E-state index in [0.29, 0.717) is 6.04 Å². The molecule has 0 amide bonds. The number of rotatable bonds is 2. The second-order valence-electron chi connectivity index (χ2n) is 5.08. The molecule has 3 nitrogen and oxygen atoms in total. The Labute approximate surface area is 97.7 Å². The van der Waals surface area contributed by atoms with E-state index in [2.05, 4.69) is 35.9 Å². The Kier molecular flexibility index (Phi) is 3.15. The summed E-state index contributed by atoms with van der Waals surface area (Å²) in [5, 5.41) is 0. The first-order chi connectivity index (χ1) is 7.58. The molecule has 3 atom stereocenters. The predicted octanol–water partition coefficient (Wildman–Crippen LogP) is 2.34. The Balaban J connectivity index is 2.15. The van der Waals surface area contributed by atoms with Gasteiger partial charge in [0.15, 0.2) is 0 Å². The minimum atomic E-state index is 0.0662. The van der Waals surface area contributed by atoms with Gasteiger partial charge in [0.1, 0.15) is 5.82 Å². The van der Waals surface area contributed by atoms with Crippen LogP contribution in [0.3, 0.4) is 0 Å². The third-order valence-electron chi connectivity index (χ3n) is 3.37. The smallest absolute Gasteiger partial charge is 0.128 e. The van der Waals surface area contributed by atoms with Crippen LogP contribution in [0.1, 0.15) is 38.8 Å². The molecule has 0 radical (unpaired) electrons. The van der Waals surface area contributed by atoms with E-state index < -0.39 is 0 Å². The molecule has 0 spiro atoms. The van der Waals surface area contributed by atoms with Crippen LogP contribution in [-0.4, -0.2) is 17.6 Å². The SMILES string of the molecule is CC1CC(C)N(c2ccc(C(C)N)cn2)C1. The largest absolute Gasteiger partial charge is 0.354 e. The predicted molar refractivity (Wildman–Crippen MR) is 67.4 cm³/mol. The molecule has 1 aliphatic heterocycles. The van der Waals surface area contributed by atoms with Crippen molar-refractivity contribution in [3.63, 3.8) is 0 Å². The molecule has 3 unspecified atom stereocenters. The van der Waals surface area contributed by atoms with Gasteiger partial charge in [0.05, 0.1) is 0 Å². The van der Waals surface area contributed by atoms with E-state index in [1.807, 2.05) is 13.1 Å². The molecule has 2 heterocycles. The van der Waals surface area contributed by atoms with Gasteiger partial charge in [-0.15, -0.1) is 0 Å². The fourth-order valence-electron chi connectivity index (χ4n) is 2.46. The maximum absolute atomic E-state index is 5.81. The van der Waals surface area contributed by atoms with Crippen molar-refractivity contribution < 1.29 is 0 Å². The quantitative estimate of drug-likeness (QED) is 0.830. The molecule has 3 heteroatoms. The Hall–Kier alpha value is -1.09. The number of hydrogen-bond acceptors (Lipinski definition) is 3. The van der Waals surface area contributed by atoms with Crippen LogP contribution in [0, 0.1) is 5.92 Å². The minimum Gasteiger partial charge on any atom is -0.354 e. The summed E-state index contributed by atoms with van der Waals surface area (Å²) in [5.41, 5.74) is 6.91. The zero-order valence-electron chi connectivity index (χ0n) is 10.4. The van der Waals surface area contributed by atoms with E-state index in [1.54, 1.807) is 0 Å². The van der Waals surface area contributed by atoms with Crippen molar-refractivity contribution >= 4 is 5.82 Å². The Morgan fingerprint density at radius 3 is 2.62 bits per heavy atom. The van der Waals surface area contributed by atoms with Gasteiger partial charge in [0.25, 0.3) is 0 Å². The minimum absolute atomic E-state index is 0.0662. The molecule has 0 bridgehead atoms. The summed E-state index contributed by atoms with van der Waals surface area (Å²) in [7, 11) is 0. The molecule has 0 aromatic carbocycles. The lowest BCUT2D eigenvalue weighted by atomic mass is 10.1. The lowest BCUT2D eigenvalue weighted by Crippen LogP contribution is -2.27. The molecule has 1 aromatic rings. The summed E-state index contributed by atoms with van der Waals surface area (Å²) in [4.78, 5) is 6.90. The number of aromatic nitrogens is 1. The van der Waals surface area contributed by atoms with Gasteiger partial charge in [-0.1, -0.05) is 13.0 Å². The van der Waals surface area contributed by atoms with E-state index in [-0.39, 0.29) is 6.04 Å². The van der Waals surface area contributed by atoms with Crippen LogP contribution < -0.4 is 10.6 Å². The van der Waals surface area contributed by atoms with Crippen LogP contribution in [0.15, 0.2) is 18.3 Å². The van der Waals surface area contributed by atoms with Gasteiger partial charge in [-0.25, -0.2) is 4.98 Å². The number of nitrogens with zero attached hydrogens (tertiary/aromatic N) is 2. The highest BCUT2D eigenvalue weighted by Gasteiger charge is 2.26. The van der Waals surface area contributed by atoms with Crippen molar-refractivity contribution in [2.75, 3.05) is 11.4 Å². The van der Waals surface area contributed by atoms with Crippen LogP contribution in [0.2, 0.25) is 0 Å². The summed E-state index contributed by atoms with van der Waals surface area (Å²) in [5.74, 6) is 1.85. The third-order valence-corrected chi connectivity index (χ3v) is 3.37. The number of pyridine rings is 1. The maximum atomic E-state index is 5.81. The van der Waals surface area contributed by atoms with Crippen molar-refractivity contribution in [3.8, 4) is 0 Å². The van der Waals surface area contributed by atoms with Gasteiger partial charge in [-0.05, 0) is 37.8 Å². The second-order valence-corrected chi connectivity index (χ2v) is 5.08. The average molecular weight is 219 g/mol. The lowest BCUT2D eigenvalue weighted by Gasteiger charge is -2.22. The first-order valence-corrected chi connectivity index (χ1v) is 6.06. The van der Waals surface area contributed by atoms with Crippen molar-refractivity contribution in [2.45, 2.75) is 39.3 Å². The van der Waals surface area contributed by atoms with Crippen LogP contribution in [0.25, 0.3) is 0 Å². The Morgan fingerprint density at radius 2 is 2.19 bits per heavy atom. The molecule has 2 N–H and O–H groups in total. The highest BCUT2D eigenvalue weighted by Crippen LogP contribution is 2.27. The summed E-state index contributed by atoms with van der Waals surface area (Å²) in [6.45, 7) is 7.67. The van der Waals surface area contributed by atoms with Gasteiger partial charge < -0.3 is 10.6 Å². The molecular weight excluding hydrogens is 198 g/mol. The van der Waals surface area contributed by atoms with Crippen molar-refractivity contribution in [2.24, 2.45) is 11.7 Å². The summed E-state index contributed by atoms with van der Waals surface area (Å²) in [6, 6.07) is 4.84. The van der Waals surface area contributed by atoms with Crippen molar-refractivity contribution in [1.82, 2.24) is 4.98 Å². The molecule has 0 aliphatic carbocycles. The van der Waals surface area contributed by atoms with Crippen LogP contribution >= 0.6 is 0 Å². The van der Waals surface area contributed by atoms with E-state index in [9.17, 15) is 0 Å². The van der Waals surface area contributed by atoms with Gasteiger partial charge in [-0.2, -0.15) is 0 Å². The third kappa shape index (κ3) is 2.19. The fraction of sp³-hybridized carbons (Fsp3) is 0.615. The normalized spacial score (nSPS) is 27.1. The monoisotopic (exact) mass is 219 g/mol. The van der Waals surface area contributed by atoms with Gasteiger partial charge >= 0.3 is 0 Å². The van der Waals surface area contributed by atoms with Gasteiger partial charge in [0, 0.05) is 24.8 Å². The molecule has 2 rings (SSSR count). The Bertz CT molecular complexity index is 345. The first kappa shape index (κ1) is 11.4. The fourth-order valence-corrected chi connectivity index (χ4v) is 2.46. The molecular formula is C13H21N3. The molecule has 1 aromatic heterocycles. The van der Waals surface area contributed by atoms with Crippen LogP contribution in [0.4, 0.5) is 5.82 Å². The Morgan fingerprint density at radius 1 is 1.44 bits per heavy atom. The number of anilines is 1. The molecule has 0 saturated carbocycles. The zero-order chi connectivity index (χ0) is 11.7. The van der Waals surface area contributed by atoms with Crippen LogP contribution in [-0.2, 0) is 0 Å². The molecule has 1 saturated heterocycles. The lowest BCUT2D eigenvalue weighted by molar-refractivity contribution is 0.625. The van der Waals surface area contributed by atoms with Crippen molar-refractivity contribution in [3.05, 3.63) is 23.9 Å². The molecule has 1 fully saturated rings. The second kappa shape index (κ2) is 4.42. The summed E-state index contributed by atoms with van der Waals surface area (Å²) >= 11 is 0. The highest BCUT2D eigenvalue weighted by atomic mass is 15.2. The molecule has 16 heavy (non-hydrogen) atoms. The van der Waals surface area contributed by atoms with Crippen LogP contribution in [0.5, 0.6) is 0 Å². The number of nitrogens with two attached hydrogens (primary N) is 1. The number of hydrogen-bond donors (Lipinski definition) is 1. The standard InChI is InChI=1S/C13H21N3/c1-9-6-10(2)16(8-9)13-5-4-12(7-15-13)11(3)14/h4-5,7,9-11H,6,8,14H2,1-3H3. The molecule has 1 aliphatic rings. The molecule has 88 valence electrons. The zero-order valence-corrected chi connectivity index (χ0v) is 10.4. The van der Waals surface area contributed by atoms with E-state index in [0.717, 1.165) is 23.8 Å². The first-order valence-electron chi connectivity index (χ1n) is 6.06.